The van der Waals surface area contributed by atoms with Crippen molar-refractivity contribution in [2.24, 2.45) is 5.92 Å². The third kappa shape index (κ3) is 4.66. The largest absolute Gasteiger partial charge is 0.351 e. The molecule has 2 aliphatic rings. The van der Waals surface area contributed by atoms with Crippen LogP contribution in [-0.4, -0.2) is 28.5 Å². The molecule has 1 aromatic carbocycles. The van der Waals surface area contributed by atoms with E-state index in [2.05, 4.69) is 29.4 Å². The monoisotopic (exact) mass is 406 g/mol. The van der Waals surface area contributed by atoms with Gasteiger partial charge in [-0.05, 0) is 87.6 Å². The molecule has 1 saturated carbocycles. The first-order valence-corrected chi connectivity index (χ1v) is 11.7. The van der Waals surface area contributed by atoms with Gasteiger partial charge >= 0.3 is 0 Å². The van der Waals surface area contributed by atoms with Gasteiger partial charge in [-0.25, -0.2) is 4.98 Å². The summed E-state index contributed by atoms with van der Waals surface area (Å²) in [6.07, 6.45) is 12.9. The molecule has 4 rings (SSSR count). The maximum atomic E-state index is 13.3. The van der Waals surface area contributed by atoms with E-state index in [1.807, 2.05) is 19.1 Å². The Labute approximate surface area is 180 Å². The summed E-state index contributed by atoms with van der Waals surface area (Å²) in [6, 6.07) is 8.36. The molecule has 1 amide bonds. The van der Waals surface area contributed by atoms with Crippen molar-refractivity contribution in [1.82, 2.24) is 9.97 Å². The van der Waals surface area contributed by atoms with Gasteiger partial charge in [0, 0.05) is 24.3 Å². The SMILES string of the molecule is CCN(C(=O)c1ccc2c(c1)CCCC2)c1ccnc(N[C@@H](C)C2CCCCC2)n1. The van der Waals surface area contributed by atoms with Gasteiger partial charge in [0.15, 0.2) is 0 Å². The molecular formula is C25H34N4O. The van der Waals surface area contributed by atoms with E-state index in [1.54, 1.807) is 11.1 Å². The van der Waals surface area contributed by atoms with Crippen LogP contribution in [0.25, 0.3) is 0 Å². The van der Waals surface area contributed by atoms with Crippen molar-refractivity contribution in [2.45, 2.75) is 77.7 Å². The molecule has 2 aromatic rings. The van der Waals surface area contributed by atoms with Crippen LogP contribution >= 0.6 is 0 Å². The van der Waals surface area contributed by atoms with Gasteiger partial charge < -0.3 is 5.32 Å². The van der Waals surface area contributed by atoms with Crippen LogP contribution in [0.15, 0.2) is 30.5 Å². The lowest BCUT2D eigenvalue weighted by Gasteiger charge is -2.28. The molecule has 0 unspecified atom stereocenters. The molecule has 160 valence electrons. The normalized spacial score (nSPS) is 17.8. The average molecular weight is 407 g/mol. The lowest BCUT2D eigenvalue weighted by atomic mass is 9.85. The second-order valence-corrected chi connectivity index (χ2v) is 8.81. The van der Waals surface area contributed by atoms with Crippen molar-refractivity contribution in [1.29, 1.82) is 0 Å². The fourth-order valence-corrected chi connectivity index (χ4v) is 4.96. The van der Waals surface area contributed by atoms with Crippen LogP contribution in [0.3, 0.4) is 0 Å². The van der Waals surface area contributed by atoms with Gasteiger partial charge in [-0.1, -0.05) is 25.3 Å². The summed E-state index contributed by atoms with van der Waals surface area (Å²) in [4.78, 5) is 24.2. The number of hydrogen-bond acceptors (Lipinski definition) is 4. The van der Waals surface area contributed by atoms with Gasteiger partial charge in [-0.2, -0.15) is 4.98 Å². The fourth-order valence-electron chi connectivity index (χ4n) is 4.96. The summed E-state index contributed by atoms with van der Waals surface area (Å²) in [6.45, 7) is 4.79. The molecule has 5 nitrogen and oxygen atoms in total. The summed E-state index contributed by atoms with van der Waals surface area (Å²) in [5.41, 5.74) is 3.47. The first-order valence-electron chi connectivity index (χ1n) is 11.7. The quantitative estimate of drug-likeness (QED) is 0.697. The second-order valence-electron chi connectivity index (χ2n) is 8.81. The first-order chi connectivity index (χ1) is 14.7. The van der Waals surface area contributed by atoms with Crippen molar-refractivity contribution in [3.63, 3.8) is 0 Å². The molecule has 0 bridgehead atoms. The fraction of sp³-hybridized carbons (Fsp3) is 0.560. The molecule has 2 aliphatic carbocycles. The van der Waals surface area contributed by atoms with E-state index >= 15 is 0 Å². The van der Waals surface area contributed by atoms with Gasteiger partial charge in [0.1, 0.15) is 5.82 Å². The van der Waals surface area contributed by atoms with E-state index in [1.165, 1.54) is 56.1 Å². The van der Waals surface area contributed by atoms with Crippen LogP contribution in [0.4, 0.5) is 11.8 Å². The van der Waals surface area contributed by atoms with Crippen molar-refractivity contribution in [3.05, 3.63) is 47.2 Å². The van der Waals surface area contributed by atoms with Crippen LogP contribution in [0.2, 0.25) is 0 Å². The highest BCUT2D eigenvalue weighted by molar-refractivity contribution is 6.05. The number of rotatable bonds is 6. The number of carbonyl (C=O) groups is 1. The Morgan fingerprint density at radius 3 is 2.63 bits per heavy atom. The van der Waals surface area contributed by atoms with Crippen LogP contribution < -0.4 is 10.2 Å². The molecule has 1 N–H and O–H groups in total. The standard InChI is InChI=1S/C25H34N4O/c1-3-29(24(30)22-14-13-20-11-7-8-12-21(20)17-22)23-15-16-26-25(28-23)27-18(2)19-9-5-4-6-10-19/h13-19H,3-12H2,1-2H3,(H,26,27,28)/t18-/m0/s1. The molecule has 1 atom stereocenters. The molecule has 0 saturated heterocycles. The maximum Gasteiger partial charge on any atom is 0.259 e. The van der Waals surface area contributed by atoms with E-state index in [9.17, 15) is 4.79 Å². The molecule has 0 aliphatic heterocycles. The maximum absolute atomic E-state index is 13.3. The first kappa shape index (κ1) is 20.8. The Balaban J connectivity index is 1.50. The van der Waals surface area contributed by atoms with Crippen molar-refractivity contribution in [3.8, 4) is 0 Å². The molecule has 5 heteroatoms. The van der Waals surface area contributed by atoms with Gasteiger partial charge in [0.2, 0.25) is 5.95 Å². The highest BCUT2D eigenvalue weighted by atomic mass is 16.2. The number of aromatic nitrogens is 2. The number of carbonyl (C=O) groups excluding carboxylic acids is 1. The predicted molar refractivity (Wildman–Crippen MR) is 122 cm³/mol. The minimum atomic E-state index is 0.0100. The van der Waals surface area contributed by atoms with Crippen LogP contribution in [0, 0.1) is 5.92 Å². The Kier molecular flexibility index (Phi) is 6.66. The van der Waals surface area contributed by atoms with E-state index in [0.717, 1.165) is 18.4 Å². The van der Waals surface area contributed by atoms with E-state index in [-0.39, 0.29) is 5.91 Å². The van der Waals surface area contributed by atoms with E-state index < -0.39 is 0 Å². The number of nitrogens with one attached hydrogen (secondary N) is 1. The average Bonchev–Trinajstić information content (AvgIpc) is 2.80. The van der Waals surface area contributed by atoms with Crippen LogP contribution in [0.5, 0.6) is 0 Å². The van der Waals surface area contributed by atoms with Crippen LogP contribution in [0.1, 0.15) is 80.3 Å². The smallest absolute Gasteiger partial charge is 0.259 e. The van der Waals surface area contributed by atoms with E-state index in [4.69, 9.17) is 4.98 Å². The molecule has 1 fully saturated rings. The zero-order valence-electron chi connectivity index (χ0n) is 18.4. The van der Waals surface area contributed by atoms with Crippen molar-refractivity contribution < 1.29 is 4.79 Å². The highest BCUT2D eigenvalue weighted by Crippen LogP contribution is 2.28. The van der Waals surface area contributed by atoms with Crippen molar-refractivity contribution in [2.75, 3.05) is 16.8 Å². The van der Waals surface area contributed by atoms with E-state index in [0.29, 0.717) is 30.3 Å². The van der Waals surface area contributed by atoms with Gasteiger partial charge in [0.05, 0.1) is 0 Å². The number of amides is 1. The second kappa shape index (κ2) is 9.59. The topological polar surface area (TPSA) is 58.1 Å². The third-order valence-electron chi connectivity index (χ3n) is 6.79. The molecular weight excluding hydrogens is 372 g/mol. The summed E-state index contributed by atoms with van der Waals surface area (Å²) >= 11 is 0. The number of anilines is 2. The summed E-state index contributed by atoms with van der Waals surface area (Å²) in [5.74, 6) is 1.96. The summed E-state index contributed by atoms with van der Waals surface area (Å²) < 4.78 is 0. The minimum absolute atomic E-state index is 0.0100. The lowest BCUT2D eigenvalue weighted by molar-refractivity contribution is 0.0987. The highest BCUT2D eigenvalue weighted by Gasteiger charge is 2.22. The van der Waals surface area contributed by atoms with Crippen molar-refractivity contribution >= 4 is 17.7 Å². The minimum Gasteiger partial charge on any atom is -0.351 e. The molecule has 0 spiro atoms. The number of hydrogen-bond donors (Lipinski definition) is 1. The van der Waals surface area contributed by atoms with Gasteiger partial charge in [-0.15, -0.1) is 0 Å². The predicted octanol–water partition coefficient (Wildman–Crippen LogP) is 5.40. The zero-order valence-corrected chi connectivity index (χ0v) is 18.4. The number of aryl methyl sites for hydroxylation is 2. The van der Waals surface area contributed by atoms with Gasteiger partial charge in [-0.3, -0.25) is 9.69 Å². The number of benzene rings is 1. The molecule has 0 radical (unpaired) electrons. The molecule has 1 aromatic heterocycles. The zero-order chi connectivity index (χ0) is 20.9. The number of fused-ring (bicyclic) bond motifs is 1. The Morgan fingerprint density at radius 2 is 1.87 bits per heavy atom. The number of nitrogens with zero attached hydrogens (tertiary/aromatic N) is 3. The Hall–Kier alpha value is -2.43. The van der Waals surface area contributed by atoms with Gasteiger partial charge in [0.25, 0.3) is 5.91 Å². The van der Waals surface area contributed by atoms with Crippen LogP contribution in [-0.2, 0) is 12.8 Å². The Bertz CT molecular complexity index is 875. The molecule has 30 heavy (non-hydrogen) atoms. The summed E-state index contributed by atoms with van der Waals surface area (Å²) in [7, 11) is 0. The Morgan fingerprint density at radius 1 is 1.10 bits per heavy atom. The summed E-state index contributed by atoms with van der Waals surface area (Å²) in [5, 5.41) is 3.49. The third-order valence-corrected chi connectivity index (χ3v) is 6.79. The lowest BCUT2D eigenvalue weighted by Crippen LogP contribution is -2.32. The molecule has 1 heterocycles.